The van der Waals surface area contributed by atoms with E-state index < -0.39 is 51.1 Å². The maximum atomic E-state index is 12.6. The number of aliphatic carboxylic acids is 1. The molecule has 0 spiro atoms. The lowest BCUT2D eigenvalue weighted by molar-refractivity contribution is -0.161. The molecule has 0 aromatic carbocycles. The highest BCUT2D eigenvalue weighted by Gasteiger charge is 2.28. The fourth-order valence-corrected chi connectivity index (χ4v) is 6.91. The highest BCUT2D eigenvalue weighted by molar-refractivity contribution is 7.47. The molecule has 4 N–H and O–H groups in total. The lowest BCUT2D eigenvalue weighted by Crippen LogP contribution is -2.34. The summed E-state index contributed by atoms with van der Waals surface area (Å²) in [5.41, 5.74) is 5.33. The third kappa shape index (κ3) is 38.8. The van der Waals surface area contributed by atoms with Gasteiger partial charge in [0, 0.05) is 12.8 Å². The van der Waals surface area contributed by atoms with Crippen molar-refractivity contribution < 1.29 is 47.5 Å². The number of carboxylic acids is 1. The summed E-state index contributed by atoms with van der Waals surface area (Å²) < 4.78 is 32.6. The van der Waals surface area contributed by atoms with E-state index in [4.69, 9.17) is 24.8 Å². The van der Waals surface area contributed by atoms with Crippen LogP contribution in [0.3, 0.4) is 0 Å². The van der Waals surface area contributed by atoms with Crippen molar-refractivity contribution in [3.05, 3.63) is 24.3 Å². The number of phosphoric acid groups is 1. The second-order valence-corrected chi connectivity index (χ2v) is 16.6. The molecule has 1 unspecified atom stereocenters. The minimum absolute atomic E-state index is 0.0793. The maximum absolute atomic E-state index is 12.6. The van der Waals surface area contributed by atoms with E-state index in [1.54, 1.807) is 0 Å². The van der Waals surface area contributed by atoms with Gasteiger partial charge in [-0.2, -0.15) is 0 Å². The molecule has 0 saturated carbocycles. The Hall–Kier alpha value is -2.04. The molecule has 0 aliphatic carbocycles. The van der Waals surface area contributed by atoms with Crippen LogP contribution in [0.25, 0.3) is 0 Å². The number of rotatable bonds is 42. The molecule has 0 bridgehead atoms. The summed E-state index contributed by atoms with van der Waals surface area (Å²) >= 11 is 0. The molecule has 3 atom stereocenters. The van der Waals surface area contributed by atoms with Crippen molar-refractivity contribution >= 4 is 25.7 Å². The fraction of sp³-hybridized carbons (Fsp3) is 0.841. The normalized spacial score (nSPS) is 13.9. The van der Waals surface area contributed by atoms with Crippen molar-refractivity contribution in [3.63, 3.8) is 0 Å². The Morgan fingerprint density at radius 3 is 1.38 bits per heavy atom. The molecular formula is C44H82NO10P. The van der Waals surface area contributed by atoms with E-state index in [0.717, 1.165) is 38.5 Å². The number of esters is 2. The van der Waals surface area contributed by atoms with Crippen LogP contribution in [0.1, 0.15) is 206 Å². The number of unbranched alkanes of at least 4 members (excludes halogenated alkanes) is 24. The lowest BCUT2D eigenvalue weighted by atomic mass is 10.1. The Morgan fingerprint density at radius 1 is 0.536 bits per heavy atom. The molecule has 0 heterocycles. The Labute approximate surface area is 340 Å². The Balaban J connectivity index is 4.37. The zero-order valence-corrected chi connectivity index (χ0v) is 36.4. The summed E-state index contributed by atoms with van der Waals surface area (Å²) in [5, 5.41) is 8.89. The third-order valence-electron chi connectivity index (χ3n) is 9.69. The molecule has 0 fully saturated rings. The molecule has 328 valence electrons. The number of hydrogen-bond donors (Lipinski definition) is 3. The topological polar surface area (TPSA) is 172 Å². The van der Waals surface area contributed by atoms with Crippen LogP contribution in [0.2, 0.25) is 0 Å². The van der Waals surface area contributed by atoms with Gasteiger partial charge < -0.3 is 25.2 Å². The molecular weight excluding hydrogens is 733 g/mol. The zero-order valence-electron chi connectivity index (χ0n) is 35.5. The van der Waals surface area contributed by atoms with Gasteiger partial charge >= 0.3 is 25.7 Å². The molecule has 0 aliphatic rings. The lowest BCUT2D eigenvalue weighted by Gasteiger charge is -2.20. The van der Waals surface area contributed by atoms with E-state index in [2.05, 4.69) is 36.6 Å². The highest BCUT2D eigenvalue weighted by Crippen LogP contribution is 2.43. The third-order valence-corrected chi connectivity index (χ3v) is 10.6. The molecule has 0 amide bonds. The van der Waals surface area contributed by atoms with Crippen molar-refractivity contribution in [3.8, 4) is 0 Å². The van der Waals surface area contributed by atoms with Crippen LogP contribution in [-0.2, 0) is 37.5 Å². The van der Waals surface area contributed by atoms with E-state index in [-0.39, 0.29) is 19.4 Å². The first kappa shape index (κ1) is 54.0. The van der Waals surface area contributed by atoms with Gasteiger partial charge in [0.25, 0.3) is 0 Å². The van der Waals surface area contributed by atoms with E-state index in [1.165, 1.54) is 128 Å². The number of carboxylic acid groups (broad SMARTS) is 1. The van der Waals surface area contributed by atoms with Crippen molar-refractivity contribution in [1.82, 2.24) is 0 Å². The van der Waals surface area contributed by atoms with E-state index in [1.807, 2.05) is 6.08 Å². The van der Waals surface area contributed by atoms with E-state index in [9.17, 15) is 23.8 Å². The first-order chi connectivity index (χ1) is 27.1. The van der Waals surface area contributed by atoms with Crippen LogP contribution in [0.15, 0.2) is 24.3 Å². The number of phosphoric ester groups is 1. The van der Waals surface area contributed by atoms with Crippen LogP contribution >= 0.6 is 7.82 Å². The molecule has 0 radical (unpaired) electrons. The fourth-order valence-electron chi connectivity index (χ4n) is 6.14. The minimum atomic E-state index is -4.72. The summed E-state index contributed by atoms with van der Waals surface area (Å²) in [6, 6.07) is -1.52. The number of hydrogen-bond acceptors (Lipinski definition) is 9. The average molecular weight is 816 g/mol. The van der Waals surface area contributed by atoms with Gasteiger partial charge in [-0.15, -0.1) is 0 Å². The Morgan fingerprint density at radius 2 is 0.929 bits per heavy atom. The van der Waals surface area contributed by atoms with Gasteiger partial charge in [-0.05, 0) is 51.4 Å². The highest BCUT2D eigenvalue weighted by atomic mass is 31.2. The quantitative estimate of drug-likeness (QED) is 0.0232. The largest absolute Gasteiger partial charge is 0.480 e. The maximum Gasteiger partial charge on any atom is 0.472 e. The predicted molar refractivity (Wildman–Crippen MR) is 226 cm³/mol. The van der Waals surface area contributed by atoms with Crippen molar-refractivity contribution in [1.29, 1.82) is 0 Å². The standard InChI is InChI=1S/C44H82NO10P/c1-3-5-7-9-11-13-15-17-19-20-22-23-25-27-29-31-33-35-42(46)52-37-40(38-53-56(50,51)54-39-41(45)44(48)49)55-43(47)36-34-32-30-28-26-24-21-18-16-14-12-10-8-6-4-2/h17,19,30,32,40-41H,3-16,18,20-29,31,33-39,45H2,1-2H3,(H,48,49)(H,50,51)/b19-17+,32-30+/t40-,41+/m1/s1. The van der Waals surface area contributed by atoms with Crippen LogP contribution in [0.4, 0.5) is 0 Å². The van der Waals surface area contributed by atoms with Crippen molar-refractivity contribution in [2.45, 2.75) is 219 Å². The number of ether oxygens (including phenoxy) is 2. The molecule has 0 saturated heterocycles. The molecule has 12 heteroatoms. The van der Waals surface area contributed by atoms with Crippen LogP contribution in [0, 0.1) is 0 Å². The van der Waals surface area contributed by atoms with Crippen LogP contribution < -0.4 is 5.73 Å². The van der Waals surface area contributed by atoms with Gasteiger partial charge in [0.05, 0.1) is 13.2 Å². The van der Waals surface area contributed by atoms with E-state index >= 15 is 0 Å². The first-order valence-corrected chi connectivity index (χ1v) is 23.9. The Kier molecular flexibility index (Phi) is 38.3. The zero-order chi connectivity index (χ0) is 41.4. The Bertz CT molecular complexity index is 1050. The molecule has 0 aromatic rings. The smallest absolute Gasteiger partial charge is 0.472 e. The molecule has 0 aromatic heterocycles. The van der Waals surface area contributed by atoms with Gasteiger partial charge in [0.1, 0.15) is 12.6 Å². The van der Waals surface area contributed by atoms with E-state index in [0.29, 0.717) is 12.8 Å². The summed E-state index contributed by atoms with van der Waals surface area (Å²) in [5.74, 6) is -2.44. The van der Waals surface area contributed by atoms with Gasteiger partial charge in [0.2, 0.25) is 0 Å². The van der Waals surface area contributed by atoms with Crippen molar-refractivity contribution in [2.24, 2.45) is 5.73 Å². The molecule has 0 rings (SSSR count). The summed E-state index contributed by atoms with van der Waals surface area (Å²) in [7, 11) is -4.72. The van der Waals surface area contributed by atoms with Gasteiger partial charge in [-0.1, -0.05) is 167 Å². The first-order valence-electron chi connectivity index (χ1n) is 22.4. The molecule has 0 aliphatic heterocycles. The summed E-state index contributed by atoms with van der Waals surface area (Å²) in [6.45, 7) is 2.77. The minimum Gasteiger partial charge on any atom is -0.480 e. The number of carbonyl (C=O) groups is 3. The number of allylic oxidation sites excluding steroid dienone is 4. The monoisotopic (exact) mass is 816 g/mol. The number of carbonyl (C=O) groups excluding carboxylic acids is 2. The molecule has 56 heavy (non-hydrogen) atoms. The van der Waals surface area contributed by atoms with Gasteiger partial charge in [-0.25, -0.2) is 4.57 Å². The second kappa shape index (κ2) is 39.8. The van der Waals surface area contributed by atoms with Gasteiger partial charge in [0.15, 0.2) is 6.10 Å². The van der Waals surface area contributed by atoms with Crippen molar-refractivity contribution in [2.75, 3.05) is 19.8 Å². The second-order valence-electron chi connectivity index (χ2n) is 15.2. The van der Waals surface area contributed by atoms with Crippen LogP contribution in [-0.4, -0.2) is 59.9 Å². The molecule has 11 nitrogen and oxygen atoms in total. The predicted octanol–water partition coefficient (Wildman–Crippen LogP) is 11.8. The number of nitrogens with two attached hydrogens (primary N) is 1. The van der Waals surface area contributed by atoms with Gasteiger partial charge in [-0.3, -0.25) is 23.4 Å². The van der Waals surface area contributed by atoms with Crippen LogP contribution in [0.5, 0.6) is 0 Å². The SMILES string of the molecule is CCCCCCCC/C=C/CCCCCCCCCC(=O)OC[C@H](COP(=O)(O)OC[C@H](N)C(=O)O)OC(=O)CC/C=C/CCCCCCCCCCCCC. The summed E-state index contributed by atoms with van der Waals surface area (Å²) in [4.78, 5) is 45.9. The average Bonchev–Trinajstić information content (AvgIpc) is 3.17. The summed E-state index contributed by atoms with van der Waals surface area (Å²) in [6.07, 6.45) is 41.1.